The van der Waals surface area contributed by atoms with Gasteiger partial charge in [-0.3, -0.25) is 9.38 Å². The molecule has 0 unspecified atom stereocenters. The van der Waals surface area contributed by atoms with Crippen LogP contribution in [0.1, 0.15) is 5.56 Å². The highest BCUT2D eigenvalue weighted by Gasteiger charge is 2.11. The first kappa shape index (κ1) is 16.1. The summed E-state index contributed by atoms with van der Waals surface area (Å²) in [5.74, 6) is 0. The van der Waals surface area contributed by atoms with E-state index >= 15 is 0 Å². The average molecular weight is 370 g/mol. The summed E-state index contributed by atoms with van der Waals surface area (Å²) in [4.78, 5) is 8.86. The lowest BCUT2D eigenvalue weighted by Gasteiger charge is -2.07. The number of hydrogen-bond acceptors (Lipinski definition) is 3. The van der Waals surface area contributed by atoms with Gasteiger partial charge in [-0.15, -0.1) is 0 Å². The van der Waals surface area contributed by atoms with Crippen LogP contribution in [0.25, 0.3) is 28.2 Å². The van der Waals surface area contributed by atoms with E-state index in [0.717, 1.165) is 33.7 Å². The van der Waals surface area contributed by atoms with Crippen LogP contribution in [0.4, 0.5) is 0 Å². The number of aliphatic hydroxyl groups is 1. The molecule has 124 valence electrons. The maximum atomic E-state index is 9.19. The number of aromatic nitrogens is 3. The molecule has 0 spiro atoms. The number of benzene rings is 2. The maximum absolute atomic E-state index is 9.19. The van der Waals surface area contributed by atoms with Crippen molar-refractivity contribution in [3.63, 3.8) is 0 Å². The molecule has 6 heteroatoms. The Kier molecular flexibility index (Phi) is 4.17. The monoisotopic (exact) mass is 369 g/mol. The molecule has 2 aromatic carbocycles. The third kappa shape index (κ3) is 3.00. The lowest BCUT2D eigenvalue weighted by atomic mass is 10.1. The SMILES string of the molecule is OCc1ccc(-c2cnc3cnc(-c4ccc(Cl)cc4Cl)cn23)cc1. The minimum absolute atomic E-state index is 0.0244. The standard InChI is InChI=1S/C19H13Cl2N3O/c20-14-5-6-15(16(21)7-14)17-10-24-18(8-23-19(24)9-22-17)13-3-1-12(11-25)2-4-13/h1-10,25H,11H2. The van der Waals surface area contributed by atoms with Gasteiger partial charge in [0.05, 0.1) is 35.4 Å². The molecule has 0 amide bonds. The zero-order valence-electron chi connectivity index (χ0n) is 13.0. The van der Waals surface area contributed by atoms with Gasteiger partial charge in [0.1, 0.15) is 0 Å². The fourth-order valence-electron chi connectivity index (χ4n) is 2.72. The van der Waals surface area contributed by atoms with Gasteiger partial charge in [0.15, 0.2) is 5.65 Å². The molecule has 0 atom stereocenters. The van der Waals surface area contributed by atoms with E-state index in [1.165, 1.54) is 0 Å². The van der Waals surface area contributed by atoms with Crippen molar-refractivity contribution in [2.75, 3.05) is 0 Å². The van der Waals surface area contributed by atoms with Crippen LogP contribution in [0.5, 0.6) is 0 Å². The molecule has 0 aliphatic rings. The van der Waals surface area contributed by atoms with Crippen LogP contribution < -0.4 is 0 Å². The lowest BCUT2D eigenvalue weighted by molar-refractivity contribution is 0.282. The van der Waals surface area contributed by atoms with E-state index in [1.807, 2.05) is 40.9 Å². The summed E-state index contributed by atoms with van der Waals surface area (Å²) in [7, 11) is 0. The van der Waals surface area contributed by atoms with E-state index in [0.29, 0.717) is 10.0 Å². The molecule has 0 bridgehead atoms. The molecule has 4 rings (SSSR count). The largest absolute Gasteiger partial charge is 0.392 e. The van der Waals surface area contributed by atoms with Gasteiger partial charge >= 0.3 is 0 Å². The smallest absolute Gasteiger partial charge is 0.155 e. The zero-order valence-corrected chi connectivity index (χ0v) is 14.5. The van der Waals surface area contributed by atoms with Crippen LogP contribution in [0, 0.1) is 0 Å². The van der Waals surface area contributed by atoms with Crippen molar-refractivity contribution in [3.05, 3.63) is 76.7 Å². The Morgan fingerprint density at radius 1 is 0.960 bits per heavy atom. The second kappa shape index (κ2) is 6.48. The molecule has 2 aromatic heterocycles. The number of aliphatic hydroxyl groups excluding tert-OH is 1. The molecule has 0 saturated heterocycles. The lowest BCUT2D eigenvalue weighted by Crippen LogP contribution is -1.94. The van der Waals surface area contributed by atoms with Crippen LogP contribution in [-0.2, 0) is 6.61 Å². The molecule has 4 nitrogen and oxygen atoms in total. The average Bonchev–Trinajstić information content (AvgIpc) is 3.05. The molecule has 4 aromatic rings. The molecule has 0 saturated carbocycles. The second-order valence-electron chi connectivity index (χ2n) is 5.62. The number of nitrogens with zero attached hydrogens (tertiary/aromatic N) is 3. The highest BCUT2D eigenvalue weighted by molar-refractivity contribution is 6.36. The van der Waals surface area contributed by atoms with Gasteiger partial charge in [-0.25, -0.2) is 4.98 Å². The van der Waals surface area contributed by atoms with Gasteiger partial charge in [-0.1, -0.05) is 47.5 Å². The Morgan fingerprint density at radius 3 is 2.48 bits per heavy atom. The van der Waals surface area contributed by atoms with Gasteiger partial charge in [-0.2, -0.15) is 0 Å². The second-order valence-corrected chi connectivity index (χ2v) is 6.47. The third-order valence-electron chi connectivity index (χ3n) is 4.04. The first-order chi connectivity index (χ1) is 12.2. The highest BCUT2D eigenvalue weighted by Crippen LogP contribution is 2.30. The number of imidazole rings is 1. The van der Waals surface area contributed by atoms with Crippen molar-refractivity contribution in [2.45, 2.75) is 6.61 Å². The zero-order chi connectivity index (χ0) is 17.4. The molecule has 1 N–H and O–H groups in total. The van der Waals surface area contributed by atoms with Crippen LogP contribution in [-0.4, -0.2) is 19.5 Å². The Labute approximate surface area is 154 Å². The molecule has 0 radical (unpaired) electrons. The molecular formula is C19H13Cl2N3O. The van der Waals surface area contributed by atoms with Crippen LogP contribution in [0.2, 0.25) is 10.0 Å². The third-order valence-corrected chi connectivity index (χ3v) is 4.58. The first-order valence-corrected chi connectivity index (χ1v) is 8.40. The van der Waals surface area contributed by atoms with Crippen molar-refractivity contribution in [1.29, 1.82) is 0 Å². The van der Waals surface area contributed by atoms with Crippen molar-refractivity contribution in [2.24, 2.45) is 0 Å². The van der Waals surface area contributed by atoms with Gasteiger partial charge in [-0.05, 0) is 23.8 Å². The van der Waals surface area contributed by atoms with Gasteiger partial charge in [0, 0.05) is 22.3 Å². The topological polar surface area (TPSA) is 50.4 Å². The molecule has 0 aliphatic heterocycles. The Balaban J connectivity index is 1.84. The van der Waals surface area contributed by atoms with Crippen molar-refractivity contribution in [1.82, 2.24) is 14.4 Å². The normalized spacial score (nSPS) is 11.2. The predicted octanol–water partition coefficient (Wildman–Crippen LogP) is 4.86. The fourth-order valence-corrected chi connectivity index (χ4v) is 3.23. The quantitative estimate of drug-likeness (QED) is 0.560. The molecule has 2 heterocycles. The van der Waals surface area contributed by atoms with E-state index in [2.05, 4.69) is 9.97 Å². The van der Waals surface area contributed by atoms with Crippen LogP contribution in [0.3, 0.4) is 0 Å². The summed E-state index contributed by atoms with van der Waals surface area (Å²) in [6.45, 7) is 0.0244. The number of hydrogen-bond donors (Lipinski definition) is 1. The highest BCUT2D eigenvalue weighted by atomic mass is 35.5. The van der Waals surface area contributed by atoms with Crippen molar-refractivity contribution in [3.8, 4) is 22.5 Å². The van der Waals surface area contributed by atoms with E-state index in [4.69, 9.17) is 23.2 Å². The Hall–Kier alpha value is -2.40. The van der Waals surface area contributed by atoms with Crippen LogP contribution >= 0.6 is 23.2 Å². The van der Waals surface area contributed by atoms with Crippen molar-refractivity contribution < 1.29 is 5.11 Å². The van der Waals surface area contributed by atoms with Crippen LogP contribution in [0.15, 0.2) is 61.1 Å². The van der Waals surface area contributed by atoms with Crippen molar-refractivity contribution >= 4 is 28.8 Å². The van der Waals surface area contributed by atoms with E-state index < -0.39 is 0 Å². The number of fused-ring (bicyclic) bond motifs is 1. The summed E-state index contributed by atoms with van der Waals surface area (Å²) in [6, 6.07) is 13.1. The van der Waals surface area contributed by atoms with E-state index in [-0.39, 0.29) is 6.61 Å². The summed E-state index contributed by atoms with van der Waals surface area (Å²) in [6.07, 6.45) is 5.43. The molecule has 25 heavy (non-hydrogen) atoms. The Bertz CT molecular complexity index is 1060. The summed E-state index contributed by atoms with van der Waals surface area (Å²) >= 11 is 12.3. The fraction of sp³-hybridized carbons (Fsp3) is 0.0526. The van der Waals surface area contributed by atoms with E-state index in [1.54, 1.807) is 24.5 Å². The van der Waals surface area contributed by atoms with Gasteiger partial charge < -0.3 is 5.11 Å². The minimum Gasteiger partial charge on any atom is -0.392 e. The van der Waals surface area contributed by atoms with Gasteiger partial charge in [0.2, 0.25) is 0 Å². The number of rotatable bonds is 3. The molecular weight excluding hydrogens is 357 g/mol. The predicted molar refractivity (Wildman–Crippen MR) is 99.8 cm³/mol. The molecule has 0 fully saturated rings. The Morgan fingerprint density at radius 2 is 1.76 bits per heavy atom. The summed E-state index contributed by atoms with van der Waals surface area (Å²) in [5, 5.41) is 10.3. The maximum Gasteiger partial charge on any atom is 0.155 e. The van der Waals surface area contributed by atoms with Gasteiger partial charge in [0.25, 0.3) is 0 Å². The summed E-state index contributed by atoms with van der Waals surface area (Å²) < 4.78 is 1.97. The summed E-state index contributed by atoms with van der Waals surface area (Å²) in [5.41, 5.74) is 5.10. The van der Waals surface area contributed by atoms with E-state index in [9.17, 15) is 5.11 Å². The number of halogens is 2. The first-order valence-electron chi connectivity index (χ1n) is 7.64. The molecule has 0 aliphatic carbocycles. The minimum atomic E-state index is 0.0244.